The van der Waals surface area contributed by atoms with Gasteiger partial charge in [-0.25, -0.2) is 0 Å². The van der Waals surface area contributed by atoms with Crippen LogP contribution in [0.25, 0.3) is 0 Å². The average Bonchev–Trinajstić information content (AvgIpc) is 3.00. The molecule has 0 amide bonds. The lowest BCUT2D eigenvalue weighted by molar-refractivity contribution is 0.233. The summed E-state index contributed by atoms with van der Waals surface area (Å²) in [5, 5.41) is 9.05. The molecular weight excluding hydrogens is 170 g/mol. The van der Waals surface area contributed by atoms with Gasteiger partial charge in [0, 0.05) is 0 Å². The van der Waals surface area contributed by atoms with Crippen LogP contribution in [0.5, 0.6) is 0 Å². The largest absolute Gasteiger partial charge is 0.198 e. The predicted molar refractivity (Wildman–Crippen MR) is 57.6 cm³/mol. The maximum absolute atomic E-state index is 9.05. The standard InChI is InChI=1S/C13H21N/c1-11(9-13(10-14)7-8-13)12-5-3-2-4-6-12/h11-12H,2-9H2,1H3. The fraction of sp³-hybridized carbons (Fsp3) is 0.923. The van der Waals surface area contributed by atoms with Gasteiger partial charge < -0.3 is 0 Å². The first-order chi connectivity index (χ1) is 6.76. The Hall–Kier alpha value is -0.510. The summed E-state index contributed by atoms with van der Waals surface area (Å²) >= 11 is 0. The van der Waals surface area contributed by atoms with Gasteiger partial charge in [0.05, 0.1) is 11.5 Å². The molecule has 2 rings (SSSR count). The molecule has 0 aromatic carbocycles. The van der Waals surface area contributed by atoms with Gasteiger partial charge in [0.1, 0.15) is 0 Å². The highest BCUT2D eigenvalue weighted by Crippen LogP contribution is 2.51. The van der Waals surface area contributed by atoms with E-state index in [0.29, 0.717) is 0 Å². The van der Waals surface area contributed by atoms with E-state index in [1.54, 1.807) is 0 Å². The minimum atomic E-state index is 0.122. The van der Waals surface area contributed by atoms with E-state index in [1.807, 2.05) is 0 Å². The molecule has 1 heteroatoms. The molecule has 2 aliphatic carbocycles. The summed E-state index contributed by atoms with van der Waals surface area (Å²) in [6, 6.07) is 2.52. The molecule has 1 unspecified atom stereocenters. The van der Waals surface area contributed by atoms with Crippen LogP contribution in [0.3, 0.4) is 0 Å². The van der Waals surface area contributed by atoms with Crippen LogP contribution in [-0.4, -0.2) is 0 Å². The summed E-state index contributed by atoms with van der Waals surface area (Å²) in [6.45, 7) is 2.37. The van der Waals surface area contributed by atoms with Gasteiger partial charge in [-0.3, -0.25) is 0 Å². The molecular formula is C13H21N. The number of rotatable bonds is 3. The van der Waals surface area contributed by atoms with E-state index in [2.05, 4.69) is 13.0 Å². The molecule has 78 valence electrons. The number of hydrogen-bond donors (Lipinski definition) is 0. The molecule has 0 aromatic heterocycles. The van der Waals surface area contributed by atoms with Crippen molar-refractivity contribution in [2.75, 3.05) is 0 Å². The van der Waals surface area contributed by atoms with E-state index in [0.717, 1.165) is 11.8 Å². The van der Waals surface area contributed by atoms with Crippen molar-refractivity contribution in [2.45, 2.75) is 58.3 Å². The molecule has 0 N–H and O–H groups in total. The van der Waals surface area contributed by atoms with Crippen molar-refractivity contribution in [1.29, 1.82) is 5.26 Å². The number of nitrogens with zero attached hydrogens (tertiary/aromatic N) is 1. The first kappa shape index (κ1) is 10.0. The lowest BCUT2D eigenvalue weighted by Gasteiger charge is -2.28. The third kappa shape index (κ3) is 2.11. The first-order valence-electron chi connectivity index (χ1n) is 6.17. The summed E-state index contributed by atoms with van der Waals surface area (Å²) in [6.07, 6.45) is 10.6. The third-order valence-corrected chi connectivity index (χ3v) is 4.26. The van der Waals surface area contributed by atoms with Crippen molar-refractivity contribution < 1.29 is 0 Å². The zero-order chi connectivity index (χ0) is 10.0. The SMILES string of the molecule is CC(CC1(C#N)CC1)C1CCCCC1. The third-order valence-electron chi connectivity index (χ3n) is 4.26. The van der Waals surface area contributed by atoms with Crippen molar-refractivity contribution in [2.24, 2.45) is 17.3 Å². The van der Waals surface area contributed by atoms with Crippen LogP contribution < -0.4 is 0 Å². The normalized spacial score (nSPS) is 28.0. The van der Waals surface area contributed by atoms with Crippen LogP contribution in [0.1, 0.15) is 58.3 Å². The minimum Gasteiger partial charge on any atom is -0.198 e. The van der Waals surface area contributed by atoms with Gasteiger partial charge in [-0.05, 0) is 31.1 Å². The second kappa shape index (κ2) is 3.93. The monoisotopic (exact) mass is 191 g/mol. The first-order valence-corrected chi connectivity index (χ1v) is 6.17. The van der Waals surface area contributed by atoms with Crippen LogP contribution in [0, 0.1) is 28.6 Å². The molecule has 2 aliphatic rings. The van der Waals surface area contributed by atoms with Crippen LogP contribution in [0.15, 0.2) is 0 Å². The fourth-order valence-electron chi connectivity index (χ4n) is 3.00. The van der Waals surface area contributed by atoms with Gasteiger partial charge in [-0.2, -0.15) is 5.26 Å². The van der Waals surface area contributed by atoms with E-state index in [4.69, 9.17) is 5.26 Å². The highest BCUT2D eigenvalue weighted by molar-refractivity contribution is 5.10. The molecule has 0 heterocycles. The maximum atomic E-state index is 9.05. The molecule has 14 heavy (non-hydrogen) atoms. The Bertz CT molecular complexity index is 228. The molecule has 0 aromatic rings. The Morgan fingerprint density at radius 2 is 1.93 bits per heavy atom. The summed E-state index contributed by atoms with van der Waals surface area (Å²) in [4.78, 5) is 0. The Morgan fingerprint density at radius 1 is 1.29 bits per heavy atom. The quantitative estimate of drug-likeness (QED) is 0.663. The Balaban J connectivity index is 1.82. The van der Waals surface area contributed by atoms with E-state index < -0.39 is 0 Å². The van der Waals surface area contributed by atoms with Crippen LogP contribution >= 0.6 is 0 Å². The number of hydrogen-bond acceptors (Lipinski definition) is 1. The zero-order valence-electron chi connectivity index (χ0n) is 9.26. The van der Waals surface area contributed by atoms with Gasteiger partial charge in [-0.1, -0.05) is 39.0 Å². The zero-order valence-corrected chi connectivity index (χ0v) is 9.26. The van der Waals surface area contributed by atoms with Crippen LogP contribution in [0.4, 0.5) is 0 Å². The molecule has 0 radical (unpaired) electrons. The van der Waals surface area contributed by atoms with Gasteiger partial charge in [-0.15, -0.1) is 0 Å². The van der Waals surface area contributed by atoms with Gasteiger partial charge >= 0.3 is 0 Å². The topological polar surface area (TPSA) is 23.8 Å². The van der Waals surface area contributed by atoms with Crippen molar-refractivity contribution in [3.05, 3.63) is 0 Å². The smallest absolute Gasteiger partial charge is 0.0689 e. The molecule has 0 aliphatic heterocycles. The molecule has 2 fully saturated rings. The molecule has 0 saturated heterocycles. The highest BCUT2D eigenvalue weighted by Gasteiger charge is 2.44. The lowest BCUT2D eigenvalue weighted by Crippen LogP contribution is -2.18. The fourth-order valence-corrected chi connectivity index (χ4v) is 3.00. The summed E-state index contributed by atoms with van der Waals surface area (Å²) in [5.41, 5.74) is 0.122. The predicted octanol–water partition coefficient (Wildman–Crippen LogP) is 3.90. The van der Waals surface area contributed by atoms with E-state index in [1.165, 1.54) is 51.4 Å². The van der Waals surface area contributed by atoms with Crippen LogP contribution in [0.2, 0.25) is 0 Å². The van der Waals surface area contributed by atoms with Crippen molar-refractivity contribution in [1.82, 2.24) is 0 Å². The number of nitriles is 1. The Morgan fingerprint density at radius 3 is 2.43 bits per heavy atom. The summed E-state index contributed by atoms with van der Waals surface area (Å²) < 4.78 is 0. The molecule has 0 bridgehead atoms. The average molecular weight is 191 g/mol. The van der Waals surface area contributed by atoms with Crippen molar-refractivity contribution in [3.63, 3.8) is 0 Å². The molecule has 0 spiro atoms. The second-order valence-corrected chi connectivity index (χ2v) is 5.47. The van der Waals surface area contributed by atoms with Crippen LogP contribution in [-0.2, 0) is 0 Å². The highest BCUT2D eigenvalue weighted by atomic mass is 14.5. The van der Waals surface area contributed by atoms with Gasteiger partial charge in [0.15, 0.2) is 0 Å². The Labute approximate surface area is 87.5 Å². The summed E-state index contributed by atoms with van der Waals surface area (Å²) in [5.74, 6) is 1.71. The van der Waals surface area contributed by atoms with E-state index >= 15 is 0 Å². The molecule has 1 atom stereocenters. The van der Waals surface area contributed by atoms with Crippen molar-refractivity contribution in [3.8, 4) is 6.07 Å². The van der Waals surface area contributed by atoms with E-state index in [9.17, 15) is 0 Å². The van der Waals surface area contributed by atoms with Crippen molar-refractivity contribution >= 4 is 0 Å². The molecule has 2 saturated carbocycles. The van der Waals surface area contributed by atoms with Gasteiger partial charge in [0.2, 0.25) is 0 Å². The molecule has 1 nitrogen and oxygen atoms in total. The summed E-state index contributed by atoms with van der Waals surface area (Å²) in [7, 11) is 0. The van der Waals surface area contributed by atoms with Gasteiger partial charge in [0.25, 0.3) is 0 Å². The van der Waals surface area contributed by atoms with E-state index in [-0.39, 0.29) is 5.41 Å². The second-order valence-electron chi connectivity index (χ2n) is 5.47. The lowest BCUT2D eigenvalue weighted by atomic mass is 9.77. The minimum absolute atomic E-state index is 0.122. The maximum Gasteiger partial charge on any atom is 0.0689 e. The Kier molecular flexibility index (Phi) is 2.81.